The van der Waals surface area contributed by atoms with E-state index in [1.807, 2.05) is 13.8 Å². The molecular formula is C14H20N2S. The van der Waals surface area contributed by atoms with Crippen molar-refractivity contribution in [1.82, 2.24) is 5.32 Å². The summed E-state index contributed by atoms with van der Waals surface area (Å²) in [5.74, 6) is 1.78. The summed E-state index contributed by atoms with van der Waals surface area (Å²) in [5.41, 5.74) is 2.26. The molecule has 2 nitrogen and oxygen atoms in total. The molecule has 0 bridgehead atoms. The zero-order valence-corrected chi connectivity index (χ0v) is 11.6. The van der Waals surface area contributed by atoms with Crippen molar-refractivity contribution in [2.75, 3.05) is 12.3 Å². The fourth-order valence-corrected chi connectivity index (χ4v) is 2.87. The molecule has 0 aliphatic heterocycles. The van der Waals surface area contributed by atoms with Gasteiger partial charge in [0.1, 0.15) is 5.54 Å². The predicted octanol–water partition coefficient (Wildman–Crippen LogP) is 3.12. The van der Waals surface area contributed by atoms with Gasteiger partial charge < -0.3 is 0 Å². The largest absolute Gasteiger partial charge is 0.299 e. The van der Waals surface area contributed by atoms with Gasteiger partial charge in [-0.25, -0.2) is 0 Å². The third-order valence-corrected chi connectivity index (χ3v) is 4.02. The lowest BCUT2D eigenvalue weighted by molar-refractivity contribution is 0.511. The van der Waals surface area contributed by atoms with Gasteiger partial charge in [0.15, 0.2) is 0 Å². The van der Waals surface area contributed by atoms with E-state index in [2.05, 4.69) is 42.6 Å². The summed E-state index contributed by atoms with van der Waals surface area (Å²) in [5, 5.41) is 12.4. The Kier molecular flexibility index (Phi) is 5.54. The predicted molar refractivity (Wildman–Crippen MR) is 75.0 cm³/mol. The highest BCUT2D eigenvalue weighted by Gasteiger charge is 2.21. The van der Waals surface area contributed by atoms with E-state index in [4.69, 9.17) is 5.26 Å². The summed E-state index contributed by atoms with van der Waals surface area (Å²) >= 11 is 1.81. The van der Waals surface area contributed by atoms with Gasteiger partial charge >= 0.3 is 0 Å². The second-order valence-corrected chi connectivity index (χ2v) is 5.38. The van der Waals surface area contributed by atoms with E-state index in [9.17, 15) is 0 Å². The first-order valence-corrected chi connectivity index (χ1v) is 7.05. The van der Waals surface area contributed by atoms with Crippen molar-refractivity contribution < 1.29 is 0 Å². The van der Waals surface area contributed by atoms with Crippen LogP contribution in [-0.2, 0) is 5.75 Å². The maximum atomic E-state index is 9.14. The molecule has 17 heavy (non-hydrogen) atoms. The molecule has 1 aromatic carbocycles. The van der Waals surface area contributed by atoms with Gasteiger partial charge in [-0.1, -0.05) is 31.2 Å². The van der Waals surface area contributed by atoms with Crippen LogP contribution in [0.15, 0.2) is 24.3 Å². The molecule has 92 valence electrons. The fraction of sp³-hybridized carbons (Fsp3) is 0.500. The lowest BCUT2D eigenvalue weighted by atomic mass is 10.1. The first-order valence-electron chi connectivity index (χ1n) is 5.90. The minimum atomic E-state index is -0.415. The number of thioether (sulfide) groups is 1. The minimum Gasteiger partial charge on any atom is -0.299 e. The Morgan fingerprint density at radius 1 is 1.41 bits per heavy atom. The number of benzene rings is 1. The van der Waals surface area contributed by atoms with E-state index in [1.54, 1.807) is 11.8 Å². The van der Waals surface area contributed by atoms with Crippen LogP contribution in [0.5, 0.6) is 0 Å². The van der Waals surface area contributed by atoms with Crippen LogP contribution in [0.25, 0.3) is 0 Å². The van der Waals surface area contributed by atoms with Crippen molar-refractivity contribution in [2.24, 2.45) is 0 Å². The summed E-state index contributed by atoms with van der Waals surface area (Å²) in [6.45, 7) is 6.95. The second-order valence-electron chi connectivity index (χ2n) is 4.39. The summed E-state index contributed by atoms with van der Waals surface area (Å²) in [4.78, 5) is 0. The second kappa shape index (κ2) is 6.68. The maximum absolute atomic E-state index is 9.14. The molecule has 1 rings (SSSR count). The normalized spacial score (nSPS) is 14.0. The Morgan fingerprint density at radius 3 is 2.71 bits per heavy atom. The number of nitrogens with zero attached hydrogens (tertiary/aromatic N) is 1. The standard InChI is InChI=1S/C14H20N2S/c1-4-16-14(3,10-15)11-17-9-13-8-6-5-7-12(13)2/h5-8,16H,4,9,11H2,1-3H3. The van der Waals surface area contributed by atoms with Crippen molar-refractivity contribution in [3.05, 3.63) is 35.4 Å². The van der Waals surface area contributed by atoms with Crippen molar-refractivity contribution in [3.63, 3.8) is 0 Å². The van der Waals surface area contributed by atoms with Gasteiger partial charge in [0, 0.05) is 11.5 Å². The lowest BCUT2D eigenvalue weighted by Crippen LogP contribution is -2.43. The lowest BCUT2D eigenvalue weighted by Gasteiger charge is -2.22. The van der Waals surface area contributed by atoms with Crippen LogP contribution in [0.1, 0.15) is 25.0 Å². The third kappa shape index (κ3) is 4.41. The van der Waals surface area contributed by atoms with Gasteiger partial charge in [-0.3, -0.25) is 5.32 Å². The molecule has 0 fully saturated rings. The molecule has 0 saturated heterocycles. The van der Waals surface area contributed by atoms with Crippen LogP contribution >= 0.6 is 11.8 Å². The first kappa shape index (κ1) is 14.1. The van der Waals surface area contributed by atoms with E-state index < -0.39 is 5.54 Å². The Balaban J connectivity index is 2.48. The van der Waals surface area contributed by atoms with E-state index >= 15 is 0 Å². The number of rotatable bonds is 6. The van der Waals surface area contributed by atoms with E-state index in [-0.39, 0.29) is 0 Å². The topological polar surface area (TPSA) is 35.8 Å². The molecule has 1 aromatic rings. The quantitative estimate of drug-likeness (QED) is 0.840. The van der Waals surface area contributed by atoms with E-state index in [0.717, 1.165) is 18.1 Å². The smallest absolute Gasteiger partial charge is 0.113 e. The van der Waals surface area contributed by atoms with E-state index in [0.29, 0.717) is 0 Å². The molecular weight excluding hydrogens is 228 g/mol. The van der Waals surface area contributed by atoms with Crippen LogP contribution < -0.4 is 5.32 Å². The van der Waals surface area contributed by atoms with Crippen molar-refractivity contribution in [3.8, 4) is 6.07 Å². The van der Waals surface area contributed by atoms with Gasteiger partial charge in [0.2, 0.25) is 0 Å². The number of nitrogens with one attached hydrogen (secondary N) is 1. The average molecular weight is 248 g/mol. The SMILES string of the molecule is CCNC(C)(C#N)CSCc1ccccc1C. The van der Waals surface area contributed by atoms with Crippen LogP contribution in [-0.4, -0.2) is 17.8 Å². The fourth-order valence-electron chi connectivity index (χ4n) is 1.65. The Bertz CT molecular complexity index is 397. The van der Waals surface area contributed by atoms with Gasteiger partial charge in [0.25, 0.3) is 0 Å². The van der Waals surface area contributed by atoms with Crippen molar-refractivity contribution >= 4 is 11.8 Å². The molecule has 0 amide bonds. The van der Waals surface area contributed by atoms with Gasteiger partial charge in [-0.15, -0.1) is 0 Å². The Hall–Kier alpha value is -0.980. The number of hydrogen-bond acceptors (Lipinski definition) is 3. The number of hydrogen-bond donors (Lipinski definition) is 1. The minimum absolute atomic E-state index is 0.415. The highest BCUT2D eigenvalue weighted by Crippen LogP contribution is 2.19. The van der Waals surface area contributed by atoms with E-state index in [1.165, 1.54) is 11.1 Å². The van der Waals surface area contributed by atoms with Gasteiger partial charge in [-0.05, 0) is 31.5 Å². The molecule has 1 unspecified atom stereocenters. The highest BCUT2D eigenvalue weighted by atomic mass is 32.2. The zero-order valence-electron chi connectivity index (χ0n) is 10.8. The zero-order chi connectivity index (χ0) is 12.7. The van der Waals surface area contributed by atoms with Crippen LogP contribution in [0.2, 0.25) is 0 Å². The average Bonchev–Trinajstić information content (AvgIpc) is 2.32. The monoisotopic (exact) mass is 248 g/mol. The van der Waals surface area contributed by atoms with Gasteiger partial charge in [-0.2, -0.15) is 17.0 Å². The van der Waals surface area contributed by atoms with Gasteiger partial charge in [0.05, 0.1) is 6.07 Å². The van der Waals surface area contributed by atoms with Crippen molar-refractivity contribution in [2.45, 2.75) is 32.1 Å². The molecule has 3 heteroatoms. The molecule has 1 N–H and O–H groups in total. The summed E-state index contributed by atoms with van der Waals surface area (Å²) in [6.07, 6.45) is 0. The summed E-state index contributed by atoms with van der Waals surface area (Å²) in [7, 11) is 0. The van der Waals surface area contributed by atoms with Crippen LogP contribution in [0, 0.1) is 18.3 Å². The molecule has 0 aliphatic carbocycles. The number of aryl methyl sites for hydroxylation is 1. The van der Waals surface area contributed by atoms with Crippen LogP contribution in [0.4, 0.5) is 0 Å². The Labute approximate surface area is 108 Å². The molecule has 0 spiro atoms. The highest BCUT2D eigenvalue weighted by molar-refractivity contribution is 7.98. The van der Waals surface area contributed by atoms with Crippen LogP contribution in [0.3, 0.4) is 0 Å². The maximum Gasteiger partial charge on any atom is 0.113 e. The third-order valence-electron chi connectivity index (χ3n) is 2.72. The molecule has 0 heterocycles. The molecule has 0 aliphatic rings. The molecule has 1 atom stereocenters. The summed E-state index contributed by atoms with van der Waals surface area (Å²) in [6, 6.07) is 10.8. The molecule has 0 radical (unpaired) electrons. The van der Waals surface area contributed by atoms with Crippen molar-refractivity contribution in [1.29, 1.82) is 5.26 Å². The summed E-state index contributed by atoms with van der Waals surface area (Å²) < 4.78 is 0. The molecule has 0 saturated carbocycles. The number of nitriles is 1. The molecule has 0 aromatic heterocycles. The Morgan fingerprint density at radius 2 is 2.12 bits per heavy atom. The first-order chi connectivity index (χ1) is 8.11.